The van der Waals surface area contributed by atoms with Gasteiger partial charge in [-0.05, 0) is 12.1 Å². The van der Waals surface area contributed by atoms with Gasteiger partial charge < -0.3 is 9.84 Å². The number of carbonyl (C=O) groups excluding carboxylic acids is 1. The number of thiazole rings is 1. The molecular weight excluding hydrogens is 238 g/mol. The Labute approximate surface area is 103 Å². The van der Waals surface area contributed by atoms with Crippen LogP contribution in [-0.4, -0.2) is 23.2 Å². The highest BCUT2D eigenvalue weighted by atomic mass is 32.1. The molecule has 0 aliphatic carbocycles. The number of ether oxygens (including phenoxy) is 1. The van der Waals surface area contributed by atoms with Crippen molar-refractivity contribution in [3.05, 3.63) is 40.9 Å². The first-order valence-electron chi connectivity index (χ1n) is 4.98. The third kappa shape index (κ3) is 2.51. The van der Waals surface area contributed by atoms with Crippen molar-refractivity contribution in [3.8, 4) is 10.6 Å². The Morgan fingerprint density at radius 2 is 2.12 bits per heavy atom. The van der Waals surface area contributed by atoms with Crippen LogP contribution in [0.1, 0.15) is 16.1 Å². The van der Waals surface area contributed by atoms with Gasteiger partial charge in [-0.2, -0.15) is 0 Å². The van der Waals surface area contributed by atoms with E-state index in [-0.39, 0.29) is 12.6 Å². The zero-order chi connectivity index (χ0) is 12.3. The monoisotopic (exact) mass is 249 g/mol. The number of benzene rings is 1. The quantitative estimate of drug-likeness (QED) is 0.846. The molecule has 0 spiro atoms. The third-order valence-electron chi connectivity index (χ3n) is 2.27. The molecule has 0 bridgehead atoms. The number of hydrogen-bond donors (Lipinski definition) is 1. The minimum Gasteiger partial charge on any atom is -0.465 e. The van der Waals surface area contributed by atoms with E-state index in [1.54, 1.807) is 12.1 Å². The van der Waals surface area contributed by atoms with E-state index in [1.807, 2.05) is 17.5 Å². The van der Waals surface area contributed by atoms with Crippen LogP contribution in [-0.2, 0) is 11.3 Å². The van der Waals surface area contributed by atoms with Gasteiger partial charge in [0.05, 0.1) is 25.0 Å². The summed E-state index contributed by atoms with van der Waals surface area (Å²) in [4.78, 5) is 15.5. The molecule has 17 heavy (non-hydrogen) atoms. The Balaban J connectivity index is 2.25. The highest BCUT2D eigenvalue weighted by Gasteiger charge is 2.07. The van der Waals surface area contributed by atoms with Crippen molar-refractivity contribution in [2.24, 2.45) is 0 Å². The second-order valence-electron chi connectivity index (χ2n) is 3.37. The van der Waals surface area contributed by atoms with Crippen LogP contribution in [0.3, 0.4) is 0 Å². The maximum Gasteiger partial charge on any atom is 0.337 e. The summed E-state index contributed by atoms with van der Waals surface area (Å²) >= 11 is 1.46. The average Bonchev–Trinajstić information content (AvgIpc) is 2.87. The molecule has 1 aromatic carbocycles. The third-order valence-corrected chi connectivity index (χ3v) is 3.21. The van der Waals surface area contributed by atoms with Crippen molar-refractivity contribution in [2.75, 3.05) is 7.11 Å². The van der Waals surface area contributed by atoms with Crippen molar-refractivity contribution in [2.45, 2.75) is 6.61 Å². The summed E-state index contributed by atoms with van der Waals surface area (Å²) in [5.74, 6) is -0.355. The molecule has 0 saturated carbocycles. The van der Waals surface area contributed by atoms with Gasteiger partial charge in [0.15, 0.2) is 0 Å². The van der Waals surface area contributed by atoms with Crippen molar-refractivity contribution >= 4 is 17.3 Å². The van der Waals surface area contributed by atoms with E-state index < -0.39 is 0 Å². The molecule has 0 saturated heterocycles. The molecule has 0 unspecified atom stereocenters. The molecule has 88 valence electrons. The number of hydrogen-bond acceptors (Lipinski definition) is 5. The number of aliphatic hydroxyl groups is 1. The lowest BCUT2D eigenvalue weighted by molar-refractivity contribution is 0.0601. The number of aromatic nitrogens is 1. The molecule has 1 heterocycles. The minimum absolute atomic E-state index is 0.0588. The molecule has 2 rings (SSSR count). The Hall–Kier alpha value is -1.72. The summed E-state index contributed by atoms with van der Waals surface area (Å²) in [7, 11) is 1.35. The molecule has 0 aliphatic rings. The number of aliphatic hydroxyl groups excluding tert-OH is 1. The first-order valence-corrected chi connectivity index (χ1v) is 5.86. The van der Waals surface area contributed by atoms with Crippen molar-refractivity contribution in [3.63, 3.8) is 0 Å². The molecule has 0 atom stereocenters. The zero-order valence-corrected chi connectivity index (χ0v) is 10.0. The van der Waals surface area contributed by atoms with E-state index in [0.29, 0.717) is 11.3 Å². The highest BCUT2D eigenvalue weighted by Crippen LogP contribution is 2.24. The molecule has 1 N–H and O–H groups in total. The fourth-order valence-electron chi connectivity index (χ4n) is 1.38. The maximum absolute atomic E-state index is 11.2. The van der Waals surface area contributed by atoms with E-state index in [1.165, 1.54) is 18.4 Å². The number of carbonyl (C=O) groups is 1. The Morgan fingerprint density at radius 1 is 1.41 bits per heavy atom. The highest BCUT2D eigenvalue weighted by molar-refractivity contribution is 7.13. The van der Waals surface area contributed by atoms with Gasteiger partial charge >= 0.3 is 5.97 Å². The van der Waals surface area contributed by atoms with Gasteiger partial charge in [-0.3, -0.25) is 0 Å². The molecule has 2 aromatic rings. The molecule has 0 aliphatic heterocycles. The number of rotatable bonds is 3. The van der Waals surface area contributed by atoms with Crippen LogP contribution in [0, 0.1) is 0 Å². The smallest absolute Gasteiger partial charge is 0.337 e. The predicted octanol–water partition coefficient (Wildman–Crippen LogP) is 2.09. The van der Waals surface area contributed by atoms with E-state index >= 15 is 0 Å². The van der Waals surface area contributed by atoms with Crippen LogP contribution in [0.2, 0.25) is 0 Å². The fourth-order valence-corrected chi connectivity index (χ4v) is 2.20. The first kappa shape index (κ1) is 11.8. The second-order valence-corrected chi connectivity index (χ2v) is 4.23. The Bertz CT molecular complexity index is 519. The maximum atomic E-state index is 11.2. The van der Waals surface area contributed by atoms with Gasteiger partial charge in [-0.1, -0.05) is 12.1 Å². The number of methoxy groups -OCH3 is 1. The Morgan fingerprint density at radius 3 is 2.65 bits per heavy atom. The van der Waals surface area contributed by atoms with Crippen LogP contribution in [0.5, 0.6) is 0 Å². The standard InChI is InChI=1S/C12H11NO3S/c1-16-12(15)9-4-2-8(3-5-9)11-13-10(6-14)7-17-11/h2-5,7,14H,6H2,1H3. The van der Waals surface area contributed by atoms with Crippen LogP contribution >= 0.6 is 11.3 Å². The SMILES string of the molecule is COC(=O)c1ccc(-c2nc(CO)cs2)cc1. The molecule has 0 amide bonds. The lowest BCUT2D eigenvalue weighted by Gasteiger charge is -2.00. The molecule has 1 aromatic heterocycles. The molecule has 4 nitrogen and oxygen atoms in total. The van der Waals surface area contributed by atoms with Crippen LogP contribution in [0.25, 0.3) is 10.6 Å². The predicted molar refractivity (Wildman–Crippen MR) is 64.8 cm³/mol. The van der Waals surface area contributed by atoms with E-state index in [4.69, 9.17) is 5.11 Å². The van der Waals surface area contributed by atoms with Crippen molar-refractivity contribution in [1.29, 1.82) is 0 Å². The van der Waals surface area contributed by atoms with Crippen LogP contribution in [0.4, 0.5) is 0 Å². The van der Waals surface area contributed by atoms with Gasteiger partial charge in [-0.15, -0.1) is 11.3 Å². The molecule has 5 heteroatoms. The first-order chi connectivity index (χ1) is 8.24. The average molecular weight is 249 g/mol. The zero-order valence-electron chi connectivity index (χ0n) is 9.21. The topological polar surface area (TPSA) is 59.4 Å². The summed E-state index contributed by atoms with van der Waals surface area (Å²) in [6.45, 7) is -0.0588. The van der Waals surface area contributed by atoms with Crippen molar-refractivity contribution in [1.82, 2.24) is 4.98 Å². The molecule has 0 fully saturated rings. The van der Waals surface area contributed by atoms with Gasteiger partial charge in [0, 0.05) is 10.9 Å². The Kier molecular flexibility index (Phi) is 3.51. The normalized spacial score (nSPS) is 10.2. The van der Waals surface area contributed by atoms with Crippen molar-refractivity contribution < 1.29 is 14.6 Å². The second kappa shape index (κ2) is 5.07. The molecular formula is C12H11NO3S. The minimum atomic E-state index is -0.355. The van der Waals surface area contributed by atoms with Gasteiger partial charge in [0.1, 0.15) is 5.01 Å². The summed E-state index contributed by atoms with van der Waals surface area (Å²) in [5, 5.41) is 11.6. The van der Waals surface area contributed by atoms with Crippen LogP contribution < -0.4 is 0 Å². The van der Waals surface area contributed by atoms with E-state index in [0.717, 1.165) is 10.6 Å². The summed E-state index contributed by atoms with van der Waals surface area (Å²) < 4.78 is 4.62. The summed E-state index contributed by atoms with van der Waals surface area (Å²) in [6, 6.07) is 7.01. The van der Waals surface area contributed by atoms with Crippen LogP contribution in [0.15, 0.2) is 29.6 Å². The summed E-state index contributed by atoms with van der Waals surface area (Å²) in [6.07, 6.45) is 0. The largest absolute Gasteiger partial charge is 0.465 e. The van der Waals surface area contributed by atoms with E-state index in [9.17, 15) is 4.79 Å². The number of esters is 1. The summed E-state index contributed by atoms with van der Waals surface area (Å²) in [5.41, 5.74) is 2.08. The fraction of sp³-hybridized carbons (Fsp3) is 0.167. The van der Waals surface area contributed by atoms with E-state index in [2.05, 4.69) is 9.72 Å². The van der Waals surface area contributed by atoms with Gasteiger partial charge in [0.25, 0.3) is 0 Å². The lowest BCUT2D eigenvalue weighted by atomic mass is 10.1. The van der Waals surface area contributed by atoms with Gasteiger partial charge in [-0.25, -0.2) is 9.78 Å². The molecule has 0 radical (unpaired) electrons. The lowest BCUT2D eigenvalue weighted by Crippen LogP contribution is -2.00. The number of nitrogens with zero attached hydrogens (tertiary/aromatic N) is 1. The van der Waals surface area contributed by atoms with Gasteiger partial charge in [0.2, 0.25) is 0 Å².